The smallest absolute Gasteiger partial charge is 0.228 e. The largest absolute Gasteiger partial charge is 0.371 e. The molecule has 6 nitrogen and oxygen atoms in total. The minimum Gasteiger partial charge on any atom is -0.371 e. The molecule has 0 atom stereocenters. The van der Waals surface area contributed by atoms with E-state index < -0.39 is 0 Å². The third-order valence-electron chi connectivity index (χ3n) is 4.37. The summed E-state index contributed by atoms with van der Waals surface area (Å²) in [7, 11) is 0. The van der Waals surface area contributed by atoms with E-state index in [2.05, 4.69) is 36.3 Å². The summed E-state index contributed by atoms with van der Waals surface area (Å²) in [6.45, 7) is 3.53. The van der Waals surface area contributed by atoms with Gasteiger partial charge in [0.2, 0.25) is 5.91 Å². The molecule has 1 aromatic carbocycles. The van der Waals surface area contributed by atoms with Crippen LogP contribution in [0.5, 0.6) is 0 Å². The Bertz CT molecular complexity index is 734. The number of nitrogens with zero attached hydrogens (tertiary/aromatic N) is 2. The number of hydrogen-bond donors (Lipinski definition) is 2. The van der Waals surface area contributed by atoms with Crippen LogP contribution >= 0.6 is 15.9 Å². The van der Waals surface area contributed by atoms with Crippen LogP contribution in [-0.4, -0.2) is 35.5 Å². The molecule has 3 rings (SSSR count). The van der Waals surface area contributed by atoms with Gasteiger partial charge in [0.05, 0.1) is 4.47 Å². The zero-order valence-electron chi connectivity index (χ0n) is 13.4. The lowest BCUT2D eigenvalue weighted by molar-refractivity contribution is -0.120. The van der Waals surface area contributed by atoms with Gasteiger partial charge in [-0.15, -0.1) is 0 Å². The lowest BCUT2D eigenvalue weighted by Crippen LogP contribution is -2.38. The highest BCUT2D eigenvalue weighted by Gasteiger charge is 2.26. The molecule has 0 bridgehead atoms. The molecule has 24 heavy (non-hydrogen) atoms. The Labute approximate surface area is 148 Å². The van der Waals surface area contributed by atoms with Gasteiger partial charge in [0.1, 0.15) is 6.29 Å². The second kappa shape index (κ2) is 7.17. The summed E-state index contributed by atoms with van der Waals surface area (Å²) in [5, 5.41) is 9.81. The normalized spacial score (nSPS) is 15.3. The van der Waals surface area contributed by atoms with Crippen molar-refractivity contribution in [3.05, 3.63) is 40.0 Å². The number of amides is 1. The van der Waals surface area contributed by atoms with Crippen molar-refractivity contribution in [2.75, 3.05) is 23.3 Å². The lowest BCUT2D eigenvalue weighted by Gasteiger charge is -2.33. The number of aldehydes is 1. The van der Waals surface area contributed by atoms with Crippen molar-refractivity contribution < 1.29 is 9.59 Å². The number of halogens is 1. The van der Waals surface area contributed by atoms with Gasteiger partial charge in [-0.2, -0.15) is 5.10 Å². The number of aromatic nitrogens is 2. The molecule has 1 saturated heterocycles. The fourth-order valence-electron chi connectivity index (χ4n) is 2.88. The number of H-pyrrole nitrogens is 1. The van der Waals surface area contributed by atoms with Crippen molar-refractivity contribution in [1.82, 2.24) is 10.2 Å². The Morgan fingerprint density at radius 2 is 2.00 bits per heavy atom. The Balaban J connectivity index is 1.57. The zero-order chi connectivity index (χ0) is 17.1. The van der Waals surface area contributed by atoms with E-state index in [0.717, 1.165) is 48.1 Å². The summed E-state index contributed by atoms with van der Waals surface area (Å²) in [4.78, 5) is 25.4. The highest BCUT2D eigenvalue weighted by molar-refractivity contribution is 9.10. The third kappa shape index (κ3) is 3.51. The fraction of sp³-hybridized carbons (Fsp3) is 0.353. The predicted molar refractivity (Wildman–Crippen MR) is 96.4 cm³/mol. The number of aryl methyl sites for hydroxylation is 1. The van der Waals surface area contributed by atoms with Gasteiger partial charge in [0.15, 0.2) is 5.82 Å². The van der Waals surface area contributed by atoms with Crippen LogP contribution in [0.25, 0.3) is 0 Å². The minimum absolute atomic E-state index is 0.0122. The molecule has 1 fully saturated rings. The van der Waals surface area contributed by atoms with Crippen LogP contribution in [0, 0.1) is 12.8 Å². The number of rotatable bonds is 4. The van der Waals surface area contributed by atoms with Gasteiger partial charge in [-0.25, -0.2) is 0 Å². The molecule has 7 heteroatoms. The van der Waals surface area contributed by atoms with Gasteiger partial charge in [-0.1, -0.05) is 0 Å². The third-order valence-corrected chi connectivity index (χ3v) is 5.34. The molecule has 0 unspecified atom stereocenters. The van der Waals surface area contributed by atoms with Gasteiger partial charge in [0, 0.05) is 36.0 Å². The number of benzene rings is 1. The van der Waals surface area contributed by atoms with E-state index in [0.29, 0.717) is 11.4 Å². The van der Waals surface area contributed by atoms with Crippen molar-refractivity contribution in [3.63, 3.8) is 0 Å². The van der Waals surface area contributed by atoms with Gasteiger partial charge in [-0.3, -0.25) is 14.7 Å². The average molecular weight is 391 g/mol. The van der Waals surface area contributed by atoms with Crippen LogP contribution in [0.4, 0.5) is 11.5 Å². The van der Waals surface area contributed by atoms with E-state index in [1.807, 2.05) is 31.2 Å². The van der Waals surface area contributed by atoms with E-state index in [1.54, 1.807) is 0 Å². The second-order valence-corrected chi connectivity index (χ2v) is 6.76. The maximum Gasteiger partial charge on any atom is 0.228 e. The first kappa shape index (κ1) is 16.7. The Morgan fingerprint density at radius 1 is 1.33 bits per heavy atom. The van der Waals surface area contributed by atoms with Crippen LogP contribution in [0.15, 0.2) is 28.7 Å². The lowest BCUT2D eigenvalue weighted by atomic mass is 9.95. The summed E-state index contributed by atoms with van der Waals surface area (Å²) < 4.78 is 0.795. The first-order valence-corrected chi connectivity index (χ1v) is 8.69. The van der Waals surface area contributed by atoms with Crippen molar-refractivity contribution in [3.8, 4) is 0 Å². The number of piperidine rings is 1. The van der Waals surface area contributed by atoms with Crippen molar-refractivity contribution in [1.29, 1.82) is 0 Å². The maximum absolute atomic E-state index is 12.4. The molecule has 1 amide bonds. The zero-order valence-corrected chi connectivity index (χ0v) is 15.0. The fourth-order valence-corrected chi connectivity index (χ4v) is 3.16. The molecule has 126 valence electrons. The van der Waals surface area contributed by atoms with Crippen LogP contribution in [0.1, 0.15) is 28.9 Å². The quantitative estimate of drug-likeness (QED) is 0.785. The van der Waals surface area contributed by atoms with Crippen molar-refractivity contribution in [2.45, 2.75) is 19.8 Å². The molecule has 0 spiro atoms. The van der Waals surface area contributed by atoms with E-state index in [-0.39, 0.29) is 11.8 Å². The SMILES string of the molecule is Cc1[nH]nc(NC(=O)C2CCN(c3ccc(C=O)cc3)CC2)c1Br. The first-order chi connectivity index (χ1) is 11.6. The Kier molecular flexibility index (Phi) is 4.99. The topological polar surface area (TPSA) is 78.1 Å². The van der Waals surface area contributed by atoms with Gasteiger partial charge >= 0.3 is 0 Å². The van der Waals surface area contributed by atoms with Gasteiger partial charge in [0.25, 0.3) is 0 Å². The number of hydrogen-bond acceptors (Lipinski definition) is 4. The molecule has 1 aromatic heterocycles. The van der Waals surface area contributed by atoms with Crippen LogP contribution in [0.2, 0.25) is 0 Å². The number of nitrogens with one attached hydrogen (secondary N) is 2. The van der Waals surface area contributed by atoms with Crippen molar-refractivity contribution in [2.24, 2.45) is 5.92 Å². The molecule has 2 N–H and O–H groups in total. The molecule has 1 aliphatic rings. The minimum atomic E-state index is -0.0144. The molecule has 1 aliphatic heterocycles. The first-order valence-electron chi connectivity index (χ1n) is 7.90. The van der Waals surface area contributed by atoms with Crippen molar-refractivity contribution >= 4 is 39.6 Å². The summed E-state index contributed by atoms with van der Waals surface area (Å²) >= 11 is 3.41. The Hall–Kier alpha value is -2.15. The summed E-state index contributed by atoms with van der Waals surface area (Å²) in [5.41, 5.74) is 2.65. The molecule has 2 aromatic rings. The van der Waals surface area contributed by atoms with Gasteiger partial charge < -0.3 is 10.2 Å². The maximum atomic E-state index is 12.4. The predicted octanol–water partition coefficient (Wildman–Crippen LogP) is 3.15. The number of aromatic amines is 1. The van der Waals surface area contributed by atoms with Crippen LogP contribution in [0.3, 0.4) is 0 Å². The highest BCUT2D eigenvalue weighted by atomic mass is 79.9. The summed E-state index contributed by atoms with van der Waals surface area (Å²) in [6, 6.07) is 7.54. The Morgan fingerprint density at radius 3 is 2.54 bits per heavy atom. The van der Waals surface area contributed by atoms with E-state index >= 15 is 0 Å². The summed E-state index contributed by atoms with van der Waals surface area (Å²) in [5.74, 6) is 0.543. The molecular weight excluding hydrogens is 372 g/mol. The van der Waals surface area contributed by atoms with Crippen LogP contribution in [-0.2, 0) is 4.79 Å². The van der Waals surface area contributed by atoms with Gasteiger partial charge in [-0.05, 0) is 60.0 Å². The monoisotopic (exact) mass is 390 g/mol. The number of carbonyl (C=O) groups excluding carboxylic acids is 2. The van der Waals surface area contributed by atoms with Crippen LogP contribution < -0.4 is 10.2 Å². The molecule has 0 aliphatic carbocycles. The summed E-state index contributed by atoms with van der Waals surface area (Å²) in [6.07, 6.45) is 2.43. The van der Waals surface area contributed by atoms with E-state index in [1.165, 1.54) is 0 Å². The second-order valence-electron chi connectivity index (χ2n) is 5.97. The number of carbonyl (C=O) groups is 2. The molecule has 2 heterocycles. The van der Waals surface area contributed by atoms with E-state index in [4.69, 9.17) is 0 Å². The standard InChI is InChI=1S/C17H19BrN4O2/c1-11-15(18)16(21-20-11)19-17(24)13-6-8-22(9-7-13)14-4-2-12(10-23)3-5-14/h2-5,10,13H,6-9H2,1H3,(H2,19,20,21,24). The molecule has 0 saturated carbocycles. The molecule has 0 radical (unpaired) electrons. The number of anilines is 2. The average Bonchev–Trinajstić information content (AvgIpc) is 2.94. The van der Waals surface area contributed by atoms with E-state index in [9.17, 15) is 9.59 Å². The molecular formula is C17H19BrN4O2. The highest BCUT2D eigenvalue weighted by Crippen LogP contribution is 2.27.